The topological polar surface area (TPSA) is 63.2 Å². The Kier molecular flexibility index (Phi) is 6.37. The second-order valence-corrected chi connectivity index (χ2v) is 4.56. The molecule has 0 saturated heterocycles. The van der Waals surface area contributed by atoms with E-state index in [0.29, 0.717) is 12.1 Å². The Hall–Kier alpha value is -1.36. The van der Waals surface area contributed by atoms with E-state index in [1.54, 1.807) is 24.3 Å². The van der Waals surface area contributed by atoms with Gasteiger partial charge in [-0.25, -0.2) is 8.42 Å². The summed E-state index contributed by atoms with van der Waals surface area (Å²) in [5.41, 5.74) is 0.593. The summed E-state index contributed by atoms with van der Waals surface area (Å²) < 4.78 is 23.7. The molecule has 0 aliphatic heterocycles. The van der Waals surface area contributed by atoms with Crippen molar-refractivity contribution in [3.63, 3.8) is 0 Å². The second-order valence-electron chi connectivity index (χ2n) is 2.82. The van der Waals surface area contributed by atoms with E-state index in [4.69, 9.17) is 0 Å². The van der Waals surface area contributed by atoms with E-state index >= 15 is 0 Å². The summed E-state index contributed by atoms with van der Waals surface area (Å²) in [6, 6.07) is 8.76. The molecule has 0 heterocycles. The van der Waals surface area contributed by atoms with Gasteiger partial charge < -0.3 is 4.79 Å². The van der Waals surface area contributed by atoms with Crippen molar-refractivity contribution in [3.05, 3.63) is 30.3 Å². The standard InChI is InChI=1S/C7H9NO2S.C3H6O/c1-11(9,10)8-7-5-3-2-4-6-7;1-2-3-4/h2-6,8H,1H3;3H,2H2,1H3. The molecule has 0 fully saturated rings. The van der Waals surface area contributed by atoms with Gasteiger partial charge >= 0.3 is 0 Å². The Bertz CT molecular complexity index is 373. The van der Waals surface area contributed by atoms with E-state index in [2.05, 4.69) is 4.72 Å². The molecule has 0 unspecified atom stereocenters. The van der Waals surface area contributed by atoms with Crippen LogP contribution in [0, 0.1) is 0 Å². The third-order valence-electron chi connectivity index (χ3n) is 1.24. The normalized spacial score (nSPS) is 9.73. The van der Waals surface area contributed by atoms with E-state index in [1.807, 2.05) is 13.0 Å². The molecule has 0 bridgehead atoms. The van der Waals surface area contributed by atoms with Gasteiger partial charge in [0.2, 0.25) is 10.0 Å². The lowest BCUT2D eigenvalue weighted by atomic mass is 10.3. The van der Waals surface area contributed by atoms with Crippen LogP contribution in [0.5, 0.6) is 0 Å². The van der Waals surface area contributed by atoms with Crippen molar-refractivity contribution in [1.29, 1.82) is 0 Å². The molecule has 0 saturated carbocycles. The first-order chi connectivity index (χ1) is 6.99. The zero-order chi connectivity index (χ0) is 11.7. The van der Waals surface area contributed by atoms with Gasteiger partial charge in [-0.05, 0) is 12.1 Å². The van der Waals surface area contributed by atoms with Gasteiger partial charge in [0.1, 0.15) is 6.29 Å². The molecule has 0 radical (unpaired) electrons. The summed E-state index contributed by atoms with van der Waals surface area (Å²) in [5, 5.41) is 0. The monoisotopic (exact) mass is 229 g/mol. The number of anilines is 1. The van der Waals surface area contributed by atoms with Crippen molar-refractivity contribution < 1.29 is 13.2 Å². The van der Waals surface area contributed by atoms with Gasteiger partial charge in [0.05, 0.1) is 6.26 Å². The van der Waals surface area contributed by atoms with Crippen LogP contribution >= 0.6 is 0 Å². The smallest absolute Gasteiger partial charge is 0.229 e. The number of aldehydes is 1. The summed E-state index contributed by atoms with van der Waals surface area (Å²) in [5.74, 6) is 0. The molecule has 1 rings (SSSR count). The summed E-state index contributed by atoms with van der Waals surface area (Å²) in [6.45, 7) is 1.81. The van der Waals surface area contributed by atoms with Crippen molar-refractivity contribution in [2.24, 2.45) is 0 Å². The summed E-state index contributed by atoms with van der Waals surface area (Å²) in [7, 11) is -3.13. The molecule has 0 amide bonds. The molecule has 1 N–H and O–H groups in total. The average molecular weight is 229 g/mol. The SMILES string of the molecule is CCC=O.CS(=O)(=O)Nc1ccccc1. The molecule has 15 heavy (non-hydrogen) atoms. The van der Waals surface area contributed by atoms with Gasteiger partial charge in [0, 0.05) is 12.1 Å². The van der Waals surface area contributed by atoms with E-state index < -0.39 is 10.0 Å². The lowest BCUT2D eigenvalue weighted by Crippen LogP contribution is -2.08. The van der Waals surface area contributed by atoms with Crippen LogP contribution in [0.4, 0.5) is 5.69 Å². The fraction of sp³-hybridized carbons (Fsp3) is 0.300. The minimum Gasteiger partial charge on any atom is -0.303 e. The maximum atomic E-state index is 10.7. The number of nitrogens with one attached hydrogen (secondary N) is 1. The number of hydrogen-bond acceptors (Lipinski definition) is 3. The molecule has 5 heteroatoms. The Balaban J connectivity index is 0.000000423. The number of hydrogen-bond donors (Lipinski definition) is 1. The third-order valence-corrected chi connectivity index (χ3v) is 1.85. The Morgan fingerprint density at radius 3 is 2.07 bits per heavy atom. The average Bonchev–Trinajstić information content (AvgIpc) is 2.17. The first kappa shape index (κ1) is 13.6. The van der Waals surface area contributed by atoms with Gasteiger partial charge in [-0.15, -0.1) is 0 Å². The predicted octanol–water partition coefficient (Wildman–Crippen LogP) is 1.65. The number of sulfonamides is 1. The molecular formula is C10H15NO3S. The Labute approximate surface area is 90.4 Å². The third kappa shape index (κ3) is 8.96. The summed E-state index contributed by atoms with van der Waals surface area (Å²) in [4.78, 5) is 9.17. The van der Waals surface area contributed by atoms with E-state index in [1.165, 1.54) is 0 Å². The number of benzene rings is 1. The van der Waals surface area contributed by atoms with Gasteiger partial charge in [0.15, 0.2) is 0 Å². The highest BCUT2D eigenvalue weighted by Gasteiger charge is 1.98. The Morgan fingerprint density at radius 1 is 1.27 bits per heavy atom. The van der Waals surface area contributed by atoms with E-state index in [9.17, 15) is 13.2 Å². The predicted molar refractivity (Wildman–Crippen MR) is 61.3 cm³/mol. The van der Waals surface area contributed by atoms with Crippen LogP contribution in [0.3, 0.4) is 0 Å². The van der Waals surface area contributed by atoms with Crippen molar-refractivity contribution in [2.45, 2.75) is 13.3 Å². The molecule has 1 aromatic rings. The fourth-order valence-corrected chi connectivity index (χ4v) is 1.28. The van der Waals surface area contributed by atoms with Crippen LogP contribution in [0.15, 0.2) is 30.3 Å². The van der Waals surface area contributed by atoms with E-state index in [-0.39, 0.29) is 0 Å². The molecule has 0 aliphatic carbocycles. The van der Waals surface area contributed by atoms with Gasteiger partial charge in [-0.3, -0.25) is 4.72 Å². The molecule has 0 atom stereocenters. The van der Waals surface area contributed by atoms with Crippen LogP contribution in [-0.4, -0.2) is 21.0 Å². The minimum atomic E-state index is -3.13. The van der Waals surface area contributed by atoms with Crippen molar-refractivity contribution in [3.8, 4) is 0 Å². The lowest BCUT2D eigenvalue weighted by molar-refractivity contribution is -0.107. The Morgan fingerprint density at radius 2 is 1.73 bits per heavy atom. The first-order valence-corrected chi connectivity index (χ1v) is 6.35. The minimum absolute atomic E-state index is 0.593. The zero-order valence-corrected chi connectivity index (χ0v) is 9.62. The highest BCUT2D eigenvalue weighted by Crippen LogP contribution is 2.05. The quantitative estimate of drug-likeness (QED) is 0.802. The molecule has 84 valence electrons. The zero-order valence-electron chi connectivity index (χ0n) is 8.80. The van der Waals surface area contributed by atoms with Crippen LogP contribution in [0.25, 0.3) is 0 Å². The van der Waals surface area contributed by atoms with Crippen molar-refractivity contribution in [1.82, 2.24) is 0 Å². The van der Waals surface area contributed by atoms with Gasteiger partial charge in [-0.2, -0.15) is 0 Å². The van der Waals surface area contributed by atoms with Gasteiger partial charge in [-0.1, -0.05) is 25.1 Å². The molecular weight excluding hydrogens is 214 g/mol. The highest BCUT2D eigenvalue weighted by molar-refractivity contribution is 7.92. The number of para-hydroxylation sites is 1. The van der Waals surface area contributed by atoms with Crippen LogP contribution in [0.2, 0.25) is 0 Å². The highest BCUT2D eigenvalue weighted by atomic mass is 32.2. The number of carbonyl (C=O) groups excluding carboxylic acids is 1. The number of rotatable bonds is 3. The van der Waals surface area contributed by atoms with Crippen LogP contribution < -0.4 is 4.72 Å². The van der Waals surface area contributed by atoms with Crippen molar-refractivity contribution in [2.75, 3.05) is 11.0 Å². The lowest BCUT2D eigenvalue weighted by Gasteiger charge is -2.00. The maximum absolute atomic E-state index is 10.7. The van der Waals surface area contributed by atoms with Crippen LogP contribution in [-0.2, 0) is 14.8 Å². The van der Waals surface area contributed by atoms with Crippen LogP contribution in [0.1, 0.15) is 13.3 Å². The molecule has 0 aromatic heterocycles. The second kappa shape index (κ2) is 7.00. The van der Waals surface area contributed by atoms with Crippen molar-refractivity contribution >= 4 is 22.0 Å². The summed E-state index contributed by atoms with van der Waals surface area (Å²) >= 11 is 0. The fourth-order valence-electron chi connectivity index (χ4n) is 0.720. The molecule has 0 aliphatic rings. The van der Waals surface area contributed by atoms with E-state index in [0.717, 1.165) is 12.5 Å². The maximum Gasteiger partial charge on any atom is 0.229 e. The number of carbonyl (C=O) groups is 1. The summed E-state index contributed by atoms with van der Waals surface area (Å²) in [6.07, 6.45) is 2.64. The molecule has 4 nitrogen and oxygen atoms in total. The van der Waals surface area contributed by atoms with Gasteiger partial charge in [0.25, 0.3) is 0 Å². The first-order valence-electron chi connectivity index (χ1n) is 4.46. The largest absolute Gasteiger partial charge is 0.303 e. The molecule has 1 aromatic carbocycles. The molecule has 0 spiro atoms.